The van der Waals surface area contributed by atoms with Gasteiger partial charge in [0.2, 0.25) is 0 Å². The third kappa shape index (κ3) is 3.47. The molecular formula is C26H33N3O2. The number of likely N-dealkylation sites (tertiary alicyclic amines) is 1. The van der Waals surface area contributed by atoms with Crippen molar-refractivity contribution >= 4 is 5.91 Å². The number of benzene rings is 1. The molecule has 5 nitrogen and oxygen atoms in total. The Kier molecular flexibility index (Phi) is 4.82. The van der Waals surface area contributed by atoms with Crippen molar-refractivity contribution in [3.8, 4) is 5.75 Å². The van der Waals surface area contributed by atoms with Gasteiger partial charge in [0.15, 0.2) is 0 Å². The van der Waals surface area contributed by atoms with E-state index in [0.717, 1.165) is 31.1 Å². The lowest BCUT2D eigenvalue weighted by Crippen LogP contribution is -2.60. The predicted octanol–water partition coefficient (Wildman–Crippen LogP) is 4.52. The zero-order valence-corrected chi connectivity index (χ0v) is 18.5. The summed E-state index contributed by atoms with van der Waals surface area (Å²) in [5.74, 6) is 2.36. The summed E-state index contributed by atoms with van der Waals surface area (Å²) in [5.41, 5.74) is 2.32. The minimum atomic E-state index is 0.252. The van der Waals surface area contributed by atoms with E-state index in [0.29, 0.717) is 30.0 Å². The van der Waals surface area contributed by atoms with E-state index in [1.807, 2.05) is 12.1 Å². The molecule has 0 unspecified atom stereocenters. The number of hydrogen-bond donors (Lipinski definition) is 0. The standard InChI is InChI=1S/C26H33N3O2/c1-31-22-11-7-19(8-12-22)23-4-2-5-24-20-14-18(16-29(23)24)15-27(17-20)26(30)25-6-3-13-28(25)21-9-10-21/h3,6-8,11-13,18,20-21,23-24H,2,4-5,9-10,14-17H2,1H3/t18-,20+,23+,24-/m0/s1. The Balaban J connectivity index is 1.21. The van der Waals surface area contributed by atoms with Crippen molar-refractivity contribution in [1.29, 1.82) is 0 Å². The molecule has 1 amide bonds. The molecule has 164 valence electrons. The van der Waals surface area contributed by atoms with Gasteiger partial charge in [0, 0.05) is 44.0 Å². The number of methoxy groups -OCH3 is 1. The van der Waals surface area contributed by atoms with Crippen molar-refractivity contribution in [2.45, 2.75) is 56.7 Å². The topological polar surface area (TPSA) is 37.7 Å². The molecule has 1 aromatic carbocycles. The number of hydrogen-bond acceptors (Lipinski definition) is 3. The van der Waals surface area contributed by atoms with E-state index in [1.54, 1.807) is 7.11 Å². The van der Waals surface area contributed by atoms with Gasteiger partial charge in [-0.05, 0) is 80.2 Å². The van der Waals surface area contributed by atoms with Crippen LogP contribution in [0.15, 0.2) is 42.6 Å². The summed E-state index contributed by atoms with van der Waals surface area (Å²) < 4.78 is 7.58. The zero-order valence-electron chi connectivity index (χ0n) is 18.5. The largest absolute Gasteiger partial charge is 0.497 e. The Bertz CT molecular complexity index is 948. The zero-order chi connectivity index (χ0) is 20.9. The number of ether oxygens (including phenoxy) is 1. The average molecular weight is 420 g/mol. The van der Waals surface area contributed by atoms with E-state index < -0.39 is 0 Å². The molecule has 2 bridgehead atoms. The Morgan fingerprint density at radius 2 is 1.84 bits per heavy atom. The molecule has 0 radical (unpaired) electrons. The normalized spacial score (nSPS) is 30.7. The van der Waals surface area contributed by atoms with Gasteiger partial charge in [-0.25, -0.2) is 0 Å². The van der Waals surface area contributed by atoms with E-state index in [-0.39, 0.29) is 5.91 Å². The summed E-state index contributed by atoms with van der Waals surface area (Å²) in [6.45, 7) is 2.94. The first-order chi connectivity index (χ1) is 15.2. The lowest BCUT2D eigenvalue weighted by Gasteiger charge is -2.55. The molecule has 2 aromatic rings. The number of fused-ring (bicyclic) bond motifs is 4. The lowest BCUT2D eigenvalue weighted by molar-refractivity contribution is -0.0513. The Morgan fingerprint density at radius 3 is 2.61 bits per heavy atom. The van der Waals surface area contributed by atoms with Crippen LogP contribution in [0.5, 0.6) is 5.75 Å². The number of piperidine rings is 3. The second-order valence-electron chi connectivity index (χ2n) is 10.1. The van der Waals surface area contributed by atoms with E-state index in [1.165, 1.54) is 44.1 Å². The number of carbonyl (C=O) groups is 1. The molecule has 5 heteroatoms. The first kappa shape index (κ1) is 19.4. The van der Waals surface area contributed by atoms with Gasteiger partial charge in [0.1, 0.15) is 11.4 Å². The summed E-state index contributed by atoms with van der Waals surface area (Å²) in [6.07, 6.45) is 9.58. The SMILES string of the molecule is COc1ccc([C@H]2CCC[C@H]3[C@@H]4C[C@@H](CN(C(=O)c5cccn5C5CC5)C4)CN23)cc1. The Labute approximate surface area is 185 Å². The third-order valence-electron chi connectivity index (χ3n) is 8.11. The van der Waals surface area contributed by atoms with Crippen LogP contribution in [0.25, 0.3) is 0 Å². The fourth-order valence-electron chi connectivity index (χ4n) is 6.57. The van der Waals surface area contributed by atoms with Crippen LogP contribution in [0.2, 0.25) is 0 Å². The van der Waals surface area contributed by atoms with Gasteiger partial charge in [0.25, 0.3) is 5.91 Å². The van der Waals surface area contributed by atoms with Gasteiger partial charge in [-0.15, -0.1) is 0 Å². The first-order valence-electron chi connectivity index (χ1n) is 12.1. The summed E-state index contributed by atoms with van der Waals surface area (Å²) in [7, 11) is 1.73. The molecule has 1 saturated carbocycles. The summed E-state index contributed by atoms with van der Waals surface area (Å²) in [4.78, 5) is 18.4. The van der Waals surface area contributed by atoms with Gasteiger partial charge in [-0.1, -0.05) is 12.1 Å². The van der Waals surface area contributed by atoms with Crippen LogP contribution in [0.3, 0.4) is 0 Å². The highest BCUT2D eigenvalue weighted by atomic mass is 16.5. The third-order valence-corrected chi connectivity index (χ3v) is 8.11. The summed E-state index contributed by atoms with van der Waals surface area (Å²) in [6, 6.07) is 14.4. The van der Waals surface area contributed by atoms with E-state index in [9.17, 15) is 4.79 Å². The number of rotatable bonds is 4. The minimum absolute atomic E-state index is 0.252. The molecule has 3 aliphatic heterocycles. The molecular weight excluding hydrogens is 386 g/mol. The van der Waals surface area contributed by atoms with Crippen molar-refractivity contribution in [2.75, 3.05) is 26.7 Å². The molecule has 4 aliphatic rings. The number of carbonyl (C=O) groups excluding carboxylic acids is 1. The highest BCUT2D eigenvalue weighted by Gasteiger charge is 2.46. The van der Waals surface area contributed by atoms with Crippen LogP contribution >= 0.6 is 0 Å². The maximum absolute atomic E-state index is 13.4. The van der Waals surface area contributed by atoms with E-state index >= 15 is 0 Å². The maximum atomic E-state index is 13.4. The molecule has 1 aliphatic carbocycles. The van der Waals surface area contributed by atoms with Gasteiger partial charge < -0.3 is 14.2 Å². The average Bonchev–Trinajstić information content (AvgIpc) is 3.54. The number of amides is 1. The van der Waals surface area contributed by atoms with Crippen LogP contribution in [-0.2, 0) is 0 Å². The summed E-state index contributed by atoms with van der Waals surface area (Å²) in [5, 5.41) is 0. The fourth-order valence-corrected chi connectivity index (χ4v) is 6.57. The van der Waals surface area contributed by atoms with Gasteiger partial charge >= 0.3 is 0 Å². The van der Waals surface area contributed by atoms with Crippen molar-refractivity contribution in [3.05, 3.63) is 53.9 Å². The molecule has 6 rings (SSSR count). The molecule has 0 N–H and O–H groups in total. The van der Waals surface area contributed by atoms with Crippen LogP contribution in [0.4, 0.5) is 0 Å². The number of nitrogens with zero attached hydrogens (tertiary/aromatic N) is 3. The highest BCUT2D eigenvalue weighted by molar-refractivity contribution is 5.93. The molecule has 4 atom stereocenters. The van der Waals surface area contributed by atoms with Crippen LogP contribution < -0.4 is 4.74 Å². The fraction of sp³-hybridized carbons (Fsp3) is 0.577. The van der Waals surface area contributed by atoms with Crippen molar-refractivity contribution in [1.82, 2.24) is 14.4 Å². The minimum Gasteiger partial charge on any atom is -0.497 e. The van der Waals surface area contributed by atoms with Crippen molar-refractivity contribution in [2.24, 2.45) is 11.8 Å². The van der Waals surface area contributed by atoms with Crippen LogP contribution in [0.1, 0.15) is 66.7 Å². The molecule has 4 fully saturated rings. The van der Waals surface area contributed by atoms with Crippen LogP contribution in [0, 0.1) is 11.8 Å². The Hall–Kier alpha value is -2.27. The molecule has 3 saturated heterocycles. The highest BCUT2D eigenvalue weighted by Crippen LogP contribution is 2.45. The lowest BCUT2D eigenvalue weighted by atomic mass is 9.74. The van der Waals surface area contributed by atoms with Gasteiger partial charge in [0.05, 0.1) is 7.11 Å². The second-order valence-corrected chi connectivity index (χ2v) is 10.1. The molecule has 4 heterocycles. The van der Waals surface area contributed by atoms with Gasteiger partial charge in [-0.3, -0.25) is 9.69 Å². The Morgan fingerprint density at radius 1 is 1.00 bits per heavy atom. The predicted molar refractivity (Wildman–Crippen MR) is 120 cm³/mol. The van der Waals surface area contributed by atoms with E-state index in [4.69, 9.17) is 4.74 Å². The van der Waals surface area contributed by atoms with Crippen molar-refractivity contribution in [3.63, 3.8) is 0 Å². The van der Waals surface area contributed by atoms with Crippen molar-refractivity contribution < 1.29 is 9.53 Å². The maximum Gasteiger partial charge on any atom is 0.270 e. The smallest absolute Gasteiger partial charge is 0.270 e. The first-order valence-corrected chi connectivity index (χ1v) is 12.1. The molecule has 0 spiro atoms. The monoisotopic (exact) mass is 419 g/mol. The summed E-state index contributed by atoms with van der Waals surface area (Å²) >= 11 is 0. The van der Waals surface area contributed by atoms with Crippen LogP contribution in [-0.4, -0.2) is 53.1 Å². The quantitative estimate of drug-likeness (QED) is 0.731. The van der Waals surface area contributed by atoms with Gasteiger partial charge in [-0.2, -0.15) is 0 Å². The molecule has 1 aromatic heterocycles. The van der Waals surface area contributed by atoms with E-state index in [2.05, 4.69) is 44.8 Å². The molecule has 31 heavy (non-hydrogen) atoms. The second kappa shape index (κ2) is 7.70. The number of aromatic nitrogens is 1.